The number of hydrogen-bond acceptors (Lipinski definition) is 12. The third-order valence-corrected chi connectivity index (χ3v) is 13.9. The van der Waals surface area contributed by atoms with Crippen LogP contribution < -0.4 is 9.47 Å². The van der Waals surface area contributed by atoms with Gasteiger partial charge in [0.15, 0.2) is 11.6 Å². The minimum atomic E-state index is -4.41. The highest BCUT2D eigenvalue weighted by molar-refractivity contribution is 5.57. The van der Waals surface area contributed by atoms with Crippen LogP contribution in [0.3, 0.4) is 0 Å². The summed E-state index contributed by atoms with van der Waals surface area (Å²) in [6.07, 6.45) is -1.68. The number of benzene rings is 4. The van der Waals surface area contributed by atoms with Crippen molar-refractivity contribution < 1.29 is 35.8 Å². The van der Waals surface area contributed by atoms with E-state index in [0.29, 0.717) is 96.8 Å². The lowest BCUT2D eigenvalue weighted by Gasteiger charge is -2.35. The molecule has 6 aromatic heterocycles. The van der Waals surface area contributed by atoms with Gasteiger partial charge in [-0.2, -0.15) is 26.3 Å². The number of hydrogen-bond donors (Lipinski definition) is 0. The van der Waals surface area contributed by atoms with E-state index in [9.17, 15) is 26.3 Å². The zero-order valence-electron chi connectivity index (χ0n) is 43.8. The number of imidazole rings is 2. The average Bonchev–Trinajstić information content (AvgIpc) is 4.32. The molecule has 0 amide bonds. The zero-order chi connectivity index (χ0) is 55.7. The first-order valence-corrected chi connectivity index (χ1v) is 25.5. The summed E-state index contributed by atoms with van der Waals surface area (Å²) >= 11 is 0. The number of aryl methyl sites for hydroxylation is 2. The van der Waals surface area contributed by atoms with Crippen LogP contribution in [0.4, 0.5) is 26.3 Å². The highest BCUT2D eigenvalue weighted by Gasteiger charge is 2.37. The van der Waals surface area contributed by atoms with Crippen molar-refractivity contribution in [2.24, 2.45) is 0 Å². The zero-order valence-corrected chi connectivity index (χ0v) is 43.8. The Morgan fingerprint density at radius 2 is 0.863 bits per heavy atom. The van der Waals surface area contributed by atoms with Gasteiger partial charge < -0.3 is 18.6 Å². The van der Waals surface area contributed by atoms with Gasteiger partial charge in [0.1, 0.15) is 34.4 Å². The summed E-state index contributed by atoms with van der Waals surface area (Å²) < 4.78 is 98.2. The van der Waals surface area contributed by atoms with Gasteiger partial charge in [-0.1, -0.05) is 84.9 Å². The van der Waals surface area contributed by atoms with Gasteiger partial charge in [0.25, 0.3) is 0 Å². The first-order valence-electron chi connectivity index (χ1n) is 25.5. The van der Waals surface area contributed by atoms with Gasteiger partial charge in [-0.05, 0) is 84.6 Å². The Balaban J connectivity index is 0.000000169. The van der Waals surface area contributed by atoms with E-state index >= 15 is 0 Å². The molecular formula is C58H52F6N14O2. The number of methoxy groups -OCH3 is 2. The van der Waals surface area contributed by atoms with Crippen LogP contribution in [-0.4, -0.2) is 95.7 Å². The summed E-state index contributed by atoms with van der Waals surface area (Å²) in [6.45, 7) is 7.47. The molecule has 12 rings (SSSR count). The smallest absolute Gasteiger partial charge is 0.416 e. The maximum atomic E-state index is 13.3. The Hall–Kier alpha value is -9.02. The monoisotopic (exact) mass is 1090 g/mol. The molecular weight excluding hydrogens is 1040 g/mol. The minimum absolute atomic E-state index is 0.396. The molecule has 0 radical (unpaired) electrons. The maximum Gasteiger partial charge on any atom is 0.416 e. The van der Waals surface area contributed by atoms with Crippen LogP contribution >= 0.6 is 0 Å². The van der Waals surface area contributed by atoms with Gasteiger partial charge in [0.05, 0.1) is 74.6 Å². The van der Waals surface area contributed by atoms with Crippen molar-refractivity contribution in [3.05, 3.63) is 215 Å². The molecule has 0 fully saturated rings. The van der Waals surface area contributed by atoms with E-state index in [2.05, 4.69) is 29.7 Å². The van der Waals surface area contributed by atoms with Gasteiger partial charge in [0.2, 0.25) is 11.8 Å². The molecule has 0 aliphatic carbocycles. The second-order valence-electron chi connectivity index (χ2n) is 19.3. The lowest BCUT2D eigenvalue weighted by molar-refractivity contribution is -0.138. The number of aromatic nitrogens is 12. The van der Waals surface area contributed by atoms with Crippen molar-refractivity contribution in [2.45, 2.75) is 64.5 Å². The predicted octanol–water partition coefficient (Wildman–Crippen LogP) is 10.9. The van der Waals surface area contributed by atoms with Gasteiger partial charge in [-0.3, -0.25) is 9.80 Å². The normalized spacial score (nSPS) is 15.7. The Morgan fingerprint density at radius 3 is 1.20 bits per heavy atom. The summed E-state index contributed by atoms with van der Waals surface area (Å²) in [5.41, 5.74) is 6.49. The summed E-state index contributed by atoms with van der Waals surface area (Å²) in [5.74, 6) is 2.92. The maximum absolute atomic E-state index is 13.3. The van der Waals surface area contributed by atoms with Crippen molar-refractivity contribution in [3.63, 3.8) is 0 Å². The Labute approximate surface area is 455 Å². The fraction of sp³-hybridized carbons (Fsp3) is 0.241. The van der Waals surface area contributed by atoms with Gasteiger partial charge in [-0.15, -0.1) is 10.2 Å². The second-order valence-corrected chi connectivity index (χ2v) is 19.3. The molecule has 408 valence electrons. The van der Waals surface area contributed by atoms with E-state index in [-0.39, 0.29) is 0 Å². The van der Waals surface area contributed by atoms with E-state index in [1.165, 1.54) is 24.3 Å². The third-order valence-electron chi connectivity index (χ3n) is 13.9. The second kappa shape index (κ2) is 22.0. The molecule has 0 saturated carbocycles. The van der Waals surface area contributed by atoms with E-state index in [1.807, 2.05) is 130 Å². The molecule has 2 aliphatic heterocycles. The van der Waals surface area contributed by atoms with Crippen molar-refractivity contribution in [2.75, 3.05) is 27.3 Å². The third kappa shape index (κ3) is 11.2. The van der Waals surface area contributed by atoms with E-state index < -0.39 is 35.6 Å². The molecule has 0 N–H and O–H groups in total. The number of fused-ring (bicyclic) bond motifs is 2. The van der Waals surface area contributed by atoms with Gasteiger partial charge >= 0.3 is 12.4 Å². The lowest BCUT2D eigenvalue weighted by Crippen LogP contribution is -2.39. The van der Waals surface area contributed by atoms with E-state index in [4.69, 9.17) is 29.6 Å². The van der Waals surface area contributed by atoms with E-state index in [1.54, 1.807) is 26.9 Å². The minimum Gasteiger partial charge on any atom is -0.479 e. The van der Waals surface area contributed by atoms with Crippen molar-refractivity contribution >= 4 is 0 Å². The van der Waals surface area contributed by atoms with Crippen molar-refractivity contribution in [1.82, 2.24) is 68.4 Å². The fourth-order valence-corrected chi connectivity index (χ4v) is 10.0. The van der Waals surface area contributed by atoms with Crippen LogP contribution in [0, 0.1) is 13.8 Å². The molecule has 80 heavy (non-hydrogen) atoms. The highest BCUT2D eigenvalue weighted by Crippen LogP contribution is 2.39. The standard InChI is InChI=1S/2C29H26F3N7O/c2*1-19-16-38(18-33-19)24-13-12-23(34-28(24)40-2)26-35-27-25(21-8-10-22(11-9-21)29(30,31)32)37(14-15-39(27)36-26)17-20-6-4-3-5-7-20/h2*3-13,16,18,25H,14-15,17H2,1-2H3/t2*25-/m10/s1. The van der Waals surface area contributed by atoms with Crippen LogP contribution in [-0.2, 0) is 38.5 Å². The molecule has 2 aliphatic rings. The lowest BCUT2D eigenvalue weighted by atomic mass is 10.00. The van der Waals surface area contributed by atoms with Crippen LogP contribution in [0.1, 0.15) is 68.5 Å². The van der Waals surface area contributed by atoms with Crippen LogP contribution in [0.5, 0.6) is 11.8 Å². The number of halogens is 6. The molecule has 10 aromatic rings. The molecule has 2 atom stereocenters. The molecule has 8 heterocycles. The molecule has 22 heteroatoms. The van der Waals surface area contributed by atoms with Crippen LogP contribution in [0.25, 0.3) is 34.4 Å². The summed E-state index contributed by atoms with van der Waals surface area (Å²) in [7, 11) is 3.10. The van der Waals surface area contributed by atoms with Crippen molar-refractivity contribution in [1.29, 1.82) is 0 Å². The number of rotatable bonds is 12. The number of ether oxygens (including phenoxy) is 2. The molecule has 16 nitrogen and oxygen atoms in total. The Bertz CT molecular complexity index is 3500. The first-order chi connectivity index (χ1) is 38.6. The van der Waals surface area contributed by atoms with Crippen molar-refractivity contribution in [3.8, 4) is 46.2 Å². The number of alkyl halides is 6. The average molecular weight is 1090 g/mol. The van der Waals surface area contributed by atoms with Crippen LogP contribution in [0.15, 0.2) is 159 Å². The number of nitrogens with zero attached hydrogens (tertiary/aromatic N) is 14. The molecule has 0 bridgehead atoms. The van der Waals surface area contributed by atoms with Gasteiger partial charge in [0, 0.05) is 38.6 Å². The predicted molar refractivity (Wildman–Crippen MR) is 284 cm³/mol. The Kier molecular flexibility index (Phi) is 14.6. The quantitative estimate of drug-likeness (QED) is 0.107. The molecule has 4 aromatic carbocycles. The van der Waals surface area contributed by atoms with Crippen LogP contribution in [0.2, 0.25) is 0 Å². The Morgan fingerprint density at radius 1 is 0.475 bits per heavy atom. The summed E-state index contributed by atoms with van der Waals surface area (Å²) in [4.78, 5) is 32.0. The molecule has 0 saturated heterocycles. The summed E-state index contributed by atoms with van der Waals surface area (Å²) in [5, 5.41) is 9.48. The first kappa shape index (κ1) is 53.0. The van der Waals surface area contributed by atoms with E-state index in [0.717, 1.165) is 58.2 Å². The topological polar surface area (TPSA) is 148 Å². The molecule has 0 spiro atoms. The fourth-order valence-electron chi connectivity index (χ4n) is 10.0. The SMILES string of the molecule is COc1nc(-c2nc3n(n2)CCN(Cc2ccccc2)[C@@H]3c2ccc(C(F)(F)F)cc2)ccc1-n1cnc(C)c1.COc1nc(-c2nc3n(n2)CCN(Cc2ccccc2)[C@H]3c2ccc(C(F)(F)F)cc2)ccc1-n1cnc(C)c1. The largest absolute Gasteiger partial charge is 0.479 e. The summed E-state index contributed by atoms with van der Waals surface area (Å²) in [6, 6.07) is 37.1. The highest BCUT2D eigenvalue weighted by atomic mass is 19.4. The van der Waals surface area contributed by atoms with Gasteiger partial charge in [-0.25, -0.2) is 39.3 Å². The number of pyridine rings is 2. The molecule has 0 unspecified atom stereocenters.